The number of carbonyl (C=O) groups excluding carboxylic acids is 1. The van der Waals surface area contributed by atoms with E-state index >= 15 is 0 Å². The minimum atomic E-state index is -0.569. The van der Waals surface area contributed by atoms with Gasteiger partial charge in [-0.15, -0.1) is 0 Å². The molecule has 4 heteroatoms. The third-order valence-electron chi connectivity index (χ3n) is 3.83. The van der Waals surface area contributed by atoms with Crippen molar-refractivity contribution in [2.24, 2.45) is 5.92 Å². The number of carbonyl (C=O) groups is 1. The van der Waals surface area contributed by atoms with Crippen LogP contribution in [0.25, 0.3) is 0 Å². The Morgan fingerprint density at radius 1 is 1.33 bits per heavy atom. The van der Waals surface area contributed by atoms with Crippen LogP contribution in [0.2, 0.25) is 0 Å². The molecule has 112 valence electrons. The van der Waals surface area contributed by atoms with Crippen LogP contribution in [0, 0.1) is 17.2 Å². The van der Waals surface area contributed by atoms with Gasteiger partial charge in [-0.05, 0) is 30.9 Å². The fourth-order valence-corrected chi connectivity index (χ4v) is 2.64. The Morgan fingerprint density at radius 2 is 2.00 bits per heavy atom. The van der Waals surface area contributed by atoms with Crippen LogP contribution < -0.4 is 10.1 Å². The number of para-hydroxylation sites is 1. The van der Waals surface area contributed by atoms with E-state index in [-0.39, 0.29) is 17.9 Å². The first-order chi connectivity index (χ1) is 10.1. The molecule has 1 unspecified atom stereocenters. The maximum absolute atomic E-state index is 12.4. The van der Waals surface area contributed by atoms with Crippen LogP contribution in [-0.4, -0.2) is 18.1 Å². The van der Waals surface area contributed by atoms with Crippen molar-refractivity contribution in [1.82, 2.24) is 5.32 Å². The summed E-state index contributed by atoms with van der Waals surface area (Å²) in [6, 6.07) is 9.39. The van der Waals surface area contributed by atoms with Crippen molar-refractivity contribution in [3.8, 4) is 11.8 Å². The smallest absolute Gasteiger partial charge is 0.261 e. The van der Waals surface area contributed by atoms with Gasteiger partial charge in [-0.1, -0.05) is 38.8 Å². The van der Waals surface area contributed by atoms with E-state index in [1.165, 1.54) is 12.8 Å². The van der Waals surface area contributed by atoms with Crippen molar-refractivity contribution in [3.05, 3.63) is 29.8 Å². The largest absolute Gasteiger partial charge is 0.479 e. The maximum atomic E-state index is 12.4. The van der Waals surface area contributed by atoms with E-state index in [2.05, 4.69) is 11.4 Å². The molecule has 0 bridgehead atoms. The summed E-state index contributed by atoms with van der Waals surface area (Å²) in [5, 5.41) is 12.2. The summed E-state index contributed by atoms with van der Waals surface area (Å²) < 4.78 is 5.84. The van der Waals surface area contributed by atoms with Crippen LogP contribution in [0.4, 0.5) is 0 Å². The van der Waals surface area contributed by atoms with E-state index in [4.69, 9.17) is 10.00 Å². The summed E-state index contributed by atoms with van der Waals surface area (Å²) in [6.45, 7) is 3.90. The van der Waals surface area contributed by atoms with Gasteiger partial charge in [0.15, 0.2) is 6.10 Å². The number of nitrogens with one attached hydrogen (secondary N) is 1. The van der Waals surface area contributed by atoms with Gasteiger partial charge in [-0.3, -0.25) is 4.79 Å². The van der Waals surface area contributed by atoms with Gasteiger partial charge in [-0.25, -0.2) is 0 Å². The van der Waals surface area contributed by atoms with Crippen LogP contribution in [0.15, 0.2) is 24.3 Å². The molecule has 1 N–H and O–H groups in total. The summed E-state index contributed by atoms with van der Waals surface area (Å²) in [5.41, 5.74) is 0.455. The summed E-state index contributed by atoms with van der Waals surface area (Å²) in [6.07, 6.45) is 3.88. The van der Waals surface area contributed by atoms with E-state index < -0.39 is 6.10 Å². The van der Waals surface area contributed by atoms with Crippen molar-refractivity contribution < 1.29 is 9.53 Å². The number of nitriles is 1. The minimum absolute atomic E-state index is 0.0400. The molecule has 0 aliphatic heterocycles. The Kier molecular flexibility index (Phi) is 5.21. The molecule has 1 fully saturated rings. The van der Waals surface area contributed by atoms with Gasteiger partial charge in [0.2, 0.25) is 0 Å². The molecule has 1 aromatic rings. The second-order valence-electron chi connectivity index (χ2n) is 5.88. The van der Waals surface area contributed by atoms with Gasteiger partial charge in [0, 0.05) is 6.04 Å². The van der Waals surface area contributed by atoms with Crippen LogP contribution in [0.5, 0.6) is 5.75 Å². The van der Waals surface area contributed by atoms with Crippen LogP contribution in [0.1, 0.15) is 45.1 Å². The Hall–Kier alpha value is -2.02. The number of nitrogens with zero attached hydrogens (tertiary/aromatic N) is 1. The summed E-state index contributed by atoms with van der Waals surface area (Å²) in [7, 11) is 0. The Labute approximate surface area is 126 Å². The zero-order valence-corrected chi connectivity index (χ0v) is 12.6. The normalized spacial score (nSPS) is 16.5. The molecule has 1 aromatic carbocycles. The van der Waals surface area contributed by atoms with Crippen LogP contribution in [0.3, 0.4) is 0 Å². The van der Waals surface area contributed by atoms with Crippen LogP contribution >= 0.6 is 0 Å². The molecular weight excluding hydrogens is 264 g/mol. The quantitative estimate of drug-likeness (QED) is 0.905. The summed E-state index contributed by atoms with van der Waals surface area (Å²) in [4.78, 5) is 12.4. The number of amides is 1. The van der Waals surface area contributed by atoms with Gasteiger partial charge in [0.1, 0.15) is 11.8 Å². The number of hydrogen-bond donors (Lipinski definition) is 1. The predicted octanol–water partition coefficient (Wildman–Crippen LogP) is 3.02. The van der Waals surface area contributed by atoms with Crippen LogP contribution in [-0.2, 0) is 4.79 Å². The topological polar surface area (TPSA) is 62.1 Å². The molecule has 1 atom stereocenters. The van der Waals surface area contributed by atoms with Crippen molar-refractivity contribution >= 4 is 5.91 Å². The second kappa shape index (κ2) is 7.12. The minimum Gasteiger partial charge on any atom is -0.479 e. The Balaban J connectivity index is 2.08. The van der Waals surface area contributed by atoms with Gasteiger partial charge in [0.05, 0.1) is 5.56 Å². The molecule has 1 aliphatic rings. The Bertz CT molecular complexity index is 528. The van der Waals surface area contributed by atoms with E-state index in [0.29, 0.717) is 11.3 Å². The lowest BCUT2D eigenvalue weighted by molar-refractivity contribution is -0.130. The van der Waals surface area contributed by atoms with E-state index in [1.807, 2.05) is 19.9 Å². The molecule has 0 aromatic heterocycles. The SMILES string of the molecule is CC(C)C(Oc1ccccc1C#N)C(=O)NC1CCCC1. The van der Waals surface area contributed by atoms with Crippen molar-refractivity contribution in [1.29, 1.82) is 5.26 Å². The molecule has 1 aliphatic carbocycles. The first-order valence-corrected chi connectivity index (χ1v) is 7.58. The summed E-state index contributed by atoms with van der Waals surface area (Å²) >= 11 is 0. The average Bonchev–Trinajstić information content (AvgIpc) is 2.97. The molecule has 2 rings (SSSR count). The fraction of sp³-hybridized carbons (Fsp3) is 0.529. The zero-order valence-electron chi connectivity index (χ0n) is 12.6. The maximum Gasteiger partial charge on any atom is 0.261 e. The Morgan fingerprint density at radius 3 is 2.62 bits per heavy atom. The highest BCUT2D eigenvalue weighted by molar-refractivity contribution is 5.81. The van der Waals surface area contributed by atoms with Crippen molar-refractivity contribution in [2.45, 2.75) is 51.7 Å². The van der Waals surface area contributed by atoms with Gasteiger partial charge < -0.3 is 10.1 Å². The predicted molar refractivity (Wildman–Crippen MR) is 80.8 cm³/mol. The first-order valence-electron chi connectivity index (χ1n) is 7.58. The molecule has 21 heavy (non-hydrogen) atoms. The molecule has 4 nitrogen and oxygen atoms in total. The molecule has 0 radical (unpaired) electrons. The van der Waals surface area contributed by atoms with Crippen molar-refractivity contribution in [3.63, 3.8) is 0 Å². The number of benzene rings is 1. The lowest BCUT2D eigenvalue weighted by Crippen LogP contribution is -2.45. The van der Waals surface area contributed by atoms with Gasteiger partial charge >= 0.3 is 0 Å². The zero-order chi connectivity index (χ0) is 15.2. The monoisotopic (exact) mass is 286 g/mol. The highest BCUT2D eigenvalue weighted by Gasteiger charge is 2.28. The molecular formula is C17H22N2O2. The number of hydrogen-bond acceptors (Lipinski definition) is 3. The highest BCUT2D eigenvalue weighted by atomic mass is 16.5. The molecule has 1 saturated carbocycles. The lowest BCUT2D eigenvalue weighted by atomic mass is 10.1. The summed E-state index contributed by atoms with van der Waals surface area (Å²) in [5.74, 6) is 0.433. The van der Waals surface area contributed by atoms with Gasteiger partial charge in [0.25, 0.3) is 5.91 Å². The fourth-order valence-electron chi connectivity index (χ4n) is 2.64. The third-order valence-corrected chi connectivity index (χ3v) is 3.83. The average molecular weight is 286 g/mol. The molecule has 0 spiro atoms. The van der Waals surface area contributed by atoms with Crippen molar-refractivity contribution in [2.75, 3.05) is 0 Å². The van der Waals surface area contributed by atoms with E-state index in [9.17, 15) is 4.79 Å². The van der Waals surface area contributed by atoms with E-state index in [1.54, 1.807) is 18.2 Å². The highest BCUT2D eigenvalue weighted by Crippen LogP contribution is 2.22. The number of ether oxygens (including phenoxy) is 1. The number of rotatable bonds is 5. The molecule has 0 saturated heterocycles. The third kappa shape index (κ3) is 3.98. The molecule has 1 amide bonds. The second-order valence-corrected chi connectivity index (χ2v) is 5.88. The lowest BCUT2D eigenvalue weighted by Gasteiger charge is -2.24. The standard InChI is InChI=1S/C17H22N2O2/c1-12(2)16(17(20)19-14-8-4-5-9-14)21-15-10-6-3-7-13(15)11-18/h3,6-7,10,12,14,16H,4-5,8-9H2,1-2H3,(H,19,20). The first kappa shape index (κ1) is 15.4. The van der Waals surface area contributed by atoms with Gasteiger partial charge in [-0.2, -0.15) is 5.26 Å². The van der Waals surface area contributed by atoms with E-state index in [0.717, 1.165) is 12.8 Å². The molecule has 0 heterocycles.